The van der Waals surface area contributed by atoms with E-state index in [0.29, 0.717) is 12.1 Å². The lowest BCUT2D eigenvalue weighted by atomic mass is 10.2. The Morgan fingerprint density at radius 1 is 1.05 bits per heavy atom. The van der Waals surface area contributed by atoms with Crippen LogP contribution in [0.2, 0.25) is 0 Å². The molecule has 0 fully saturated rings. The SMILES string of the molecule is O=C([O-])c1cc(S(=O)(=O)Nc2ccccc2F)ccc1F. The number of hydrogen-bond acceptors (Lipinski definition) is 4. The summed E-state index contributed by atoms with van der Waals surface area (Å²) in [5, 5.41) is 10.7. The standard InChI is InChI=1S/C13H9F2NO4S/c14-10-6-5-8(7-9(10)13(17)18)21(19,20)16-12-4-2-1-3-11(12)15/h1-7,16H,(H,17,18)/p-1. The van der Waals surface area contributed by atoms with Crippen LogP contribution in [0.4, 0.5) is 14.5 Å². The van der Waals surface area contributed by atoms with Crippen LogP contribution in [-0.2, 0) is 10.0 Å². The highest BCUT2D eigenvalue weighted by Crippen LogP contribution is 2.20. The molecule has 0 unspecified atom stereocenters. The molecule has 5 nitrogen and oxygen atoms in total. The van der Waals surface area contributed by atoms with Gasteiger partial charge in [0.2, 0.25) is 0 Å². The number of carboxylic acid groups (broad SMARTS) is 1. The van der Waals surface area contributed by atoms with Gasteiger partial charge < -0.3 is 9.90 Å². The van der Waals surface area contributed by atoms with Crippen LogP contribution in [0.25, 0.3) is 0 Å². The summed E-state index contributed by atoms with van der Waals surface area (Å²) in [5.74, 6) is -3.78. The molecule has 0 saturated carbocycles. The number of nitrogens with one attached hydrogen (secondary N) is 1. The molecule has 110 valence electrons. The van der Waals surface area contributed by atoms with E-state index < -0.39 is 38.1 Å². The second-order valence-corrected chi connectivity index (χ2v) is 5.70. The summed E-state index contributed by atoms with van der Waals surface area (Å²) in [6.07, 6.45) is 0. The third-order valence-corrected chi connectivity index (χ3v) is 3.95. The lowest BCUT2D eigenvalue weighted by Gasteiger charge is -2.11. The normalized spacial score (nSPS) is 11.1. The highest BCUT2D eigenvalue weighted by molar-refractivity contribution is 7.92. The van der Waals surface area contributed by atoms with Crippen LogP contribution >= 0.6 is 0 Å². The fraction of sp³-hybridized carbons (Fsp3) is 0. The van der Waals surface area contributed by atoms with Gasteiger partial charge in [0.25, 0.3) is 10.0 Å². The largest absolute Gasteiger partial charge is 0.545 e. The predicted octanol–water partition coefficient (Wildman–Crippen LogP) is 1.13. The first-order valence-electron chi connectivity index (χ1n) is 5.59. The average molecular weight is 312 g/mol. The molecule has 0 radical (unpaired) electrons. The van der Waals surface area contributed by atoms with Crippen molar-refractivity contribution in [1.29, 1.82) is 0 Å². The molecule has 0 aliphatic heterocycles. The molecule has 0 amide bonds. The topological polar surface area (TPSA) is 86.3 Å². The predicted molar refractivity (Wildman–Crippen MR) is 67.9 cm³/mol. The van der Waals surface area contributed by atoms with Gasteiger partial charge in [-0.25, -0.2) is 17.2 Å². The number of halogens is 2. The van der Waals surface area contributed by atoms with Crippen LogP contribution in [-0.4, -0.2) is 14.4 Å². The van der Waals surface area contributed by atoms with Gasteiger partial charge in [0.05, 0.1) is 16.6 Å². The Labute approximate surface area is 118 Å². The number of benzene rings is 2. The molecule has 8 heteroatoms. The van der Waals surface area contributed by atoms with Crippen LogP contribution in [0.5, 0.6) is 0 Å². The number of aromatic carboxylic acids is 1. The zero-order valence-corrected chi connectivity index (χ0v) is 11.2. The van der Waals surface area contributed by atoms with Gasteiger partial charge in [-0.2, -0.15) is 0 Å². The average Bonchev–Trinajstić information content (AvgIpc) is 2.41. The van der Waals surface area contributed by atoms with Crippen molar-refractivity contribution < 1.29 is 27.1 Å². The van der Waals surface area contributed by atoms with Crippen molar-refractivity contribution in [2.24, 2.45) is 0 Å². The molecule has 0 aliphatic rings. The third kappa shape index (κ3) is 3.16. The van der Waals surface area contributed by atoms with Crippen LogP contribution in [0.3, 0.4) is 0 Å². The second kappa shape index (κ2) is 5.49. The van der Waals surface area contributed by atoms with Crippen LogP contribution < -0.4 is 9.83 Å². The molecule has 21 heavy (non-hydrogen) atoms. The number of carbonyl (C=O) groups is 1. The maximum Gasteiger partial charge on any atom is 0.262 e. The minimum Gasteiger partial charge on any atom is -0.545 e. The van der Waals surface area contributed by atoms with Crippen molar-refractivity contribution in [2.45, 2.75) is 4.90 Å². The fourth-order valence-electron chi connectivity index (χ4n) is 1.58. The Bertz CT molecular complexity index is 806. The van der Waals surface area contributed by atoms with E-state index in [9.17, 15) is 27.1 Å². The molecule has 0 atom stereocenters. The first-order valence-corrected chi connectivity index (χ1v) is 7.08. The molecule has 0 saturated heterocycles. The number of para-hydroxylation sites is 1. The summed E-state index contributed by atoms with van der Waals surface area (Å²) in [7, 11) is -4.26. The van der Waals surface area contributed by atoms with E-state index in [0.717, 1.165) is 12.1 Å². The minimum atomic E-state index is -4.26. The monoisotopic (exact) mass is 312 g/mol. The maximum absolute atomic E-state index is 13.4. The molecule has 2 aromatic carbocycles. The molecule has 2 rings (SSSR count). The molecule has 1 N–H and O–H groups in total. The Kier molecular flexibility index (Phi) is 3.90. The van der Waals surface area contributed by atoms with Crippen molar-refractivity contribution in [2.75, 3.05) is 4.72 Å². The number of anilines is 1. The number of hydrogen-bond donors (Lipinski definition) is 1. The summed E-state index contributed by atoms with van der Waals surface area (Å²) in [6.45, 7) is 0. The number of carboxylic acids is 1. The molecule has 0 heterocycles. The van der Waals surface area contributed by atoms with Crippen molar-refractivity contribution in [3.63, 3.8) is 0 Å². The van der Waals surface area contributed by atoms with Crippen molar-refractivity contribution >= 4 is 21.7 Å². The van der Waals surface area contributed by atoms with Gasteiger partial charge in [-0.05, 0) is 30.3 Å². The van der Waals surface area contributed by atoms with E-state index in [2.05, 4.69) is 0 Å². The Balaban J connectivity index is 2.43. The summed E-state index contributed by atoms with van der Waals surface area (Å²) in [5.41, 5.74) is -1.21. The van der Waals surface area contributed by atoms with Gasteiger partial charge in [0.1, 0.15) is 11.6 Å². The number of sulfonamides is 1. The van der Waals surface area contributed by atoms with Crippen molar-refractivity contribution in [3.05, 3.63) is 59.7 Å². The fourth-order valence-corrected chi connectivity index (χ4v) is 2.67. The highest BCUT2D eigenvalue weighted by atomic mass is 32.2. The summed E-state index contributed by atoms with van der Waals surface area (Å²) in [6, 6.07) is 7.18. The van der Waals surface area contributed by atoms with Gasteiger partial charge in [-0.15, -0.1) is 0 Å². The summed E-state index contributed by atoms with van der Waals surface area (Å²) < 4.78 is 52.6. The van der Waals surface area contributed by atoms with Crippen molar-refractivity contribution in [3.8, 4) is 0 Å². The lowest BCUT2D eigenvalue weighted by molar-refractivity contribution is -0.255. The molecule has 0 aromatic heterocycles. The van der Waals surface area contributed by atoms with Crippen molar-refractivity contribution in [1.82, 2.24) is 0 Å². The zero-order valence-electron chi connectivity index (χ0n) is 10.3. The van der Waals surface area contributed by atoms with Crippen LogP contribution in [0.15, 0.2) is 47.4 Å². The zero-order chi connectivity index (χ0) is 15.6. The summed E-state index contributed by atoms with van der Waals surface area (Å²) >= 11 is 0. The molecule has 0 aliphatic carbocycles. The second-order valence-electron chi connectivity index (χ2n) is 4.01. The van der Waals surface area contributed by atoms with E-state index >= 15 is 0 Å². The Morgan fingerprint density at radius 2 is 1.71 bits per heavy atom. The highest BCUT2D eigenvalue weighted by Gasteiger charge is 2.18. The van der Waals surface area contributed by atoms with Gasteiger partial charge in [-0.1, -0.05) is 12.1 Å². The first-order chi connectivity index (χ1) is 9.81. The lowest BCUT2D eigenvalue weighted by Crippen LogP contribution is -2.24. The van der Waals surface area contributed by atoms with Gasteiger partial charge in [-0.3, -0.25) is 4.72 Å². The van der Waals surface area contributed by atoms with Gasteiger partial charge in [0.15, 0.2) is 0 Å². The Hall–Kier alpha value is -2.48. The van der Waals surface area contributed by atoms with E-state index in [4.69, 9.17) is 0 Å². The third-order valence-electron chi connectivity index (χ3n) is 2.59. The molecule has 0 bridgehead atoms. The number of carbonyl (C=O) groups excluding carboxylic acids is 1. The summed E-state index contributed by atoms with van der Waals surface area (Å²) in [4.78, 5) is 10.2. The minimum absolute atomic E-state index is 0.308. The van der Waals surface area contributed by atoms with E-state index in [1.165, 1.54) is 18.2 Å². The maximum atomic E-state index is 13.4. The molecular formula is C13H8F2NO4S-. The smallest absolute Gasteiger partial charge is 0.262 e. The molecule has 2 aromatic rings. The molecular weight excluding hydrogens is 304 g/mol. The first kappa shape index (κ1) is 14.9. The Morgan fingerprint density at radius 3 is 2.33 bits per heavy atom. The quantitative estimate of drug-likeness (QED) is 0.917. The van der Waals surface area contributed by atoms with Crippen LogP contribution in [0.1, 0.15) is 10.4 Å². The van der Waals surface area contributed by atoms with E-state index in [1.54, 1.807) is 0 Å². The van der Waals surface area contributed by atoms with E-state index in [1.807, 2.05) is 4.72 Å². The number of rotatable bonds is 4. The van der Waals surface area contributed by atoms with Gasteiger partial charge >= 0.3 is 0 Å². The van der Waals surface area contributed by atoms with E-state index in [-0.39, 0.29) is 5.69 Å². The molecule has 0 spiro atoms. The van der Waals surface area contributed by atoms with Gasteiger partial charge in [0, 0.05) is 5.56 Å². The van der Waals surface area contributed by atoms with Crippen LogP contribution in [0, 0.1) is 11.6 Å².